The molecule has 2 aromatic heterocycles. The SMILES string of the molecule is CC(C)(C)OC(=O)NC1CCN(C(=O)c2cc(-c3ccc(Cl)s3)nc3ccccc23)CC1. The summed E-state index contributed by atoms with van der Waals surface area (Å²) < 4.78 is 6.03. The molecule has 0 bridgehead atoms. The van der Waals surface area contributed by atoms with E-state index >= 15 is 0 Å². The maximum atomic E-state index is 13.5. The van der Waals surface area contributed by atoms with Crippen LogP contribution in [0, 0.1) is 0 Å². The van der Waals surface area contributed by atoms with Gasteiger partial charge < -0.3 is 15.0 Å². The minimum absolute atomic E-state index is 0.00749. The summed E-state index contributed by atoms with van der Waals surface area (Å²) in [5.74, 6) is -0.0248. The van der Waals surface area contributed by atoms with E-state index in [9.17, 15) is 9.59 Å². The van der Waals surface area contributed by atoms with Gasteiger partial charge in [0.15, 0.2) is 0 Å². The Morgan fingerprint density at radius 2 is 1.88 bits per heavy atom. The minimum atomic E-state index is -0.534. The number of nitrogens with zero attached hydrogens (tertiary/aromatic N) is 2. The number of alkyl carbamates (subject to hydrolysis) is 1. The molecule has 0 spiro atoms. The van der Waals surface area contributed by atoms with Crippen LogP contribution in [0.1, 0.15) is 44.0 Å². The second-order valence-electron chi connectivity index (χ2n) is 8.89. The summed E-state index contributed by atoms with van der Waals surface area (Å²) in [4.78, 5) is 33.1. The molecule has 6 nitrogen and oxygen atoms in total. The highest BCUT2D eigenvalue weighted by atomic mass is 35.5. The summed E-state index contributed by atoms with van der Waals surface area (Å²) in [5.41, 5.74) is 1.62. The molecule has 1 saturated heterocycles. The lowest BCUT2D eigenvalue weighted by atomic mass is 10.0. The Morgan fingerprint density at radius 3 is 2.53 bits per heavy atom. The summed E-state index contributed by atoms with van der Waals surface area (Å²) in [6, 6.07) is 13.3. The van der Waals surface area contributed by atoms with E-state index in [0.717, 1.165) is 21.5 Å². The lowest BCUT2D eigenvalue weighted by molar-refractivity contribution is 0.0474. The molecule has 32 heavy (non-hydrogen) atoms. The highest BCUT2D eigenvalue weighted by Crippen LogP contribution is 2.33. The number of benzene rings is 1. The van der Waals surface area contributed by atoms with Crippen LogP contribution < -0.4 is 5.32 Å². The van der Waals surface area contributed by atoms with Crippen LogP contribution in [0.2, 0.25) is 4.34 Å². The van der Waals surface area contributed by atoms with Gasteiger partial charge in [0, 0.05) is 24.5 Å². The minimum Gasteiger partial charge on any atom is -0.444 e. The van der Waals surface area contributed by atoms with E-state index in [-0.39, 0.29) is 11.9 Å². The third-order valence-corrected chi connectivity index (χ3v) is 6.53. The molecule has 1 aliphatic rings. The van der Waals surface area contributed by atoms with Gasteiger partial charge in [-0.3, -0.25) is 4.79 Å². The average Bonchev–Trinajstić information content (AvgIpc) is 3.18. The molecule has 8 heteroatoms. The van der Waals surface area contributed by atoms with Crippen LogP contribution in [0.3, 0.4) is 0 Å². The number of amides is 2. The summed E-state index contributed by atoms with van der Waals surface area (Å²) >= 11 is 7.56. The van der Waals surface area contributed by atoms with Gasteiger partial charge >= 0.3 is 6.09 Å². The molecule has 1 fully saturated rings. The zero-order valence-corrected chi connectivity index (χ0v) is 19.9. The lowest BCUT2D eigenvalue weighted by Gasteiger charge is -2.33. The molecule has 3 aromatic rings. The first-order valence-electron chi connectivity index (χ1n) is 10.6. The number of carbonyl (C=O) groups excluding carboxylic acids is 2. The smallest absolute Gasteiger partial charge is 0.407 e. The number of pyridine rings is 1. The quantitative estimate of drug-likeness (QED) is 0.528. The van der Waals surface area contributed by atoms with Gasteiger partial charge in [0.2, 0.25) is 0 Å². The van der Waals surface area contributed by atoms with Crippen LogP contribution in [0.5, 0.6) is 0 Å². The molecule has 1 aliphatic heterocycles. The molecule has 2 amide bonds. The Labute approximate surface area is 196 Å². The largest absolute Gasteiger partial charge is 0.444 e. The molecule has 0 aliphatic carbocycles. The number of rotatable bonds is 3. The predicted molar refractivity (Wildman–Crippen MR) is 128 cm³/mol. The standard InChI is InChI=1S/C24H26ClN3O3S/c1-24(2,3)31-23(30)26-15-10-12-28(13-11-15)22(29)17-14-19(20-8-9-21(25)32-20)27-18-7-5-4-6-16(17)18/h4-9,14-15H,10-13H2,1-3H3,(H,26,30). The maximum Gasteiger partial charge on any atom is 0.407 e. The topological polar surface area (TPSA) is 71.5 Å². The normalized spacial score (nSPS) is 15.1. The number of ether oxygens (including phenoxy) is 1. The number of fused-ring (bicyclic) bond motifs is 1. The zero-order chi connectivity index (χ0) is 22.9. The van der Waals surface area contributed by atoms with Gasteiger partial charge in [-0.2, -0.15) is 0 Å². The van der Waals surface area contributed by atoms with E-state index < -0.39 is 11.7 Å². The lowest BCUT2D eigenvalue weighted by Crippen LogP contribution is -2.47. The fourth-order valence-corrected chi connectivity index (χ4v) is 4.81. The van der Waals surface area contributed by atoms with E-state index in [1.807, 2.05) is 68.1 Å². The van der Waals surface area contributed by atoms with Crippen molar-refractivity contribution in [2.75, 3.05) is 13.1 Å². The van der Waals surface area contributed by atoms with Crippen LogP contribution in [-0.2, 0) is 4.74 Å². The number of hydrogen-bond acceptors (Lipinski definition) is 5. The van der Waals surface area contributed by atoms with E-state index in [1.54, 1.807) is 0 Å². The maximum absolute atomic E-state index is 13.5. The van der Waals surface area contributed by atoms with E-state index in [4.69, 9.17) is 21.3 Å². The Bertz CT molecular complexity index is 1150. The fourth-order valence-electron chi connectivity index (χ4n) is 3.80. The monoisotopic (exact) mass is 471 g/mol. The Hall–Kier alpha value is -2.64. The molecule has 1 aromatic carbocycles. The highest BCUT2D eigenvalue weighted by molar-refractivity contribution is 7.19. The highest BCUT2D eigenvalue weighted by Gasteiger charge is 2.27. The molecule has 3 heterocycles. The molecule has 0 unspecified atom stereocenters. The van der Waals surface area contributed by atoms with Gasteiger partial charge in [0.1, 0.15) is 5.60 Å². The van der Waals surface area contributed by atoms with Crippen molar-refractivity contribution in [3.8, 4) is 10.6 Å². The van der Waals surface area contributed by atoms with Crippen molar-refractivity contribution in [1.82, 2.24) is 15.2 Å². The van der Waals surface area contributed by atoms with Gasteiger partial charge in [-0.1, -0.05) is 29.8 Å². The molecule has 1 N–H and O–H groups in total. The number of para-hydroxylation sites is 1. The molecule has 0 atom stereocenters. The van der Waals surface area contributed by atoms with Crippen molar-refractivity contribution >= 4 is 45.8 Å². The molecule has 168 valence electrons. The molecule has 4 rings (SSSR count). The summed E-state index contributed by atoms with van der Waals surface area (Å²) in [6.07, 6.45) is 0.949. The van der Waals surface area contributed by atoms with Gasteiger partial charge in [0.25, 0.3) is 5.91 Å². The summed E-state index contributed by atoms with van der Waals surface area (Å²) in [6.45, 7) is 6.65. The first-order valence-corrected chi connectivity index (χ1v) is 11.8. The van der Waals surface area contributed by atoms with Gasteiger partial charge in [-0.05, 0) is 57.9 Å². The van der Waals surface area contributed by atoms with E-state index in [0.29, 0.717) is 35.8 Å². The fraction of sp³-hybridized carbons (Fsp3) is 0.375. The Kier molecular flexibility index (Phi) is 6.40. The zero-order valence-electron chi connectivity index (χ0n) is 18.4. The second-order valence-corrected chi connectivity index (χ2v) is 10.6. The third-order valence-electron chi connectivity index (χ3n) is 5.28. The van der Waals surface area contributed by atoms with Crippen LogP contribution >= 0.6 is 22.9 Å². The number of aromatic nitrogens is 1. The summed E-state index contributed by atoms with van der Waals surface area (Å²) in [7, 11) is 0. The van der Waals surface area contributed by atoms with E-state index in [2.05, 4.69) is 5.32 Å². The molecule has 0 saturated carbocycles. The first kappa shape index (κ1) is 22.6. The van der Waals surface area contributed by atoms with Crippen molar-refractivity contribution in [2.45, 2.75) is 45.3 Å². The molecule has 0 radical (unpaired) electrons. The van der Waals surface area contributed by atoms with Crippen molar-refractivity contribution in [3.05, 3.63) is 52.4 Å². The number of likely N-dealkylation sites (tertiary alicyclic amines) is 1. The van der Waals surface area contributed by atoms with Gasteiger partial charge in [0.05, 0.1) is 26.0 Å². The van der Waals surface area contributed by atoms with Crippen LogP contribution in [0.15, 0.2) is 42.5 Å². The second kappa shape index (κ2) is 9.08. The Morgan fingerprint density at radius 1 is 1.16 bits per heavy atom. The third kappa shape index (κ3) is 5.22. The van der Waals surface area contributed by atoms with Crippen molar-refractivity contribution < 1.29 is 14.3 Å². The number of thiophene rings is 1. The van der Waals surface area contributed by atoms with E-state index in [1.165, 1.54) is 11.3 Å². The van der Waals surface area contributed by atoms with Crippen molar-refractivity contribution in [3.63, 3.8) is 0 Å². The summed E-state index contributed by atoms with van der Waals surface area (Å²) in [5, 5.41) is 3.75. The number of halogens is 1. The molecular formula is C24H26ClN3O3S. The van der Waals surface area contributed by atoms with Gasteiger partial charge in [-0.25, -0.2) is 9.78 Å². The van der Waals surface area contributed by atoms with Gasteiger partial charge in [-0.15, -0.1) is 11.3 Å². The number of hydrogen-bond donors (Lipinski definition) is 1. The van der Waals surface area contributed by atoms with Crippen LogP contribution in [-0.4, -0.2) is 46.6 Å². The number of piperidine rings is 1. The predicted octanol–water partition coefficient (Wildman–Crippen LogP) is 5.75. The van der Waals surface area contributed by atoms with Crippen molar-refractivity contribution in [1.29, 1.82) is 0 Å². The van der Waals surface area contributed by atoms with Crippen LogP contribution in [0.4, 0.5) is 4.79 Å². The van der Waals surface area contributed by atoms with Crippen molar-refractivity contribution in [2.24, 2.45) is 0 Å². The Balaban J connectivity index is 1.51. The number of carbonyl (C=O) groups is 2. The first-order chi connectivity index (χ1) is 15.2. The van der Waals surface area contributed by atoms with Crippen LogP contribution in [0.25, 0.3) is 21.5 Å². The number of nitrogens with one attached hydrogen (secondary N) is 1. The average molecular weight is 472 g/mol. The molecular weight excluding hydrogens is 446 g/mol.